The van der Waals surface area contributed by atoms with E-state index in [1.807, 2.05) is 0 Å². The Morgan fingerprint density at radius 2 is 2.05 bits per heavy atom. The lowest BCUT2D eigenvalue weighted by molar-refractivity contribution is 0.128. The van der Waals surface area contributed by atoms with Gasteiger partial charge in [0.15, 0.2) is 0 Å². The molecule has 0 amide bonds. The summed E-state index contributed by atoms with van der Waals surface area (Å²) in [6, 6.07) is 3.30. The molecule has 0 unspecified atom stereocenters. The van der Waals surface area contributed by atoms with Gasteiger partial charge in [-0.3, -0.25) is 0 Å². The molecule has 1 aromatic carbocycles. The summed E-state index contributed by atoms with van der Waals surface area (Å²) in [5.41, 5.74) is 5.15. The van der Waals surface area contributed by atoms with Gasteiger partial charge < -0.3 is 10.5 Å². The number of benzene rings is 1. The molecule has 0 fully saturated rings. The Labute approximate surface area is 119 Å². The van der Waals surface area contributed by atoms with Crippen LogP contribution in [0.15, 0.2) is 23.1 Å². The van der Waals surface area contributed by atoms with E-state index in [2.05, 4.69) is 18.6 Å². The third-order valence-electron chi connectivity index (χ3n) is 2.66. The number of sulfonamides is 1. The van der Waals surface area contributed by atoms with Gasteiger partial charge in [-0.1, -0.05) is 13.8 Å². The van der Waals surface area contributed by atoms with Crippen LogP contribution in [0, 0.1) is 11.7 Å². The number of anilines is 1. The summed E-state index contributed by atoms with van der Waals surface area (Å²) >= 11 is 0. The van der Waals surface area contributed by atoms with Crippen LogP contribution in [0.4, 0.5) is 10.1 Å². The van der Waals surface area contributed by atoms with Crippen molar-refractivity contribution in [1.29, 1.82) is 0 Å². The quantitative estimate of drug-likeness (QED) is 0.566. The van der Waals surface area contributed by atoms with Crippen molar-refractivity contribution < 1.29 is 17.5 Å². The first kappa shape index (κ1) is 16.9. The van der Waals surface area contributed by atoms with Crippen molar-refractivity contribution in [3.05, 3.63) is 24.0 Å². The number of ether oxygens (including phenoxy) is 1. The highest BCUT2D eigenvalue weighted by atomic mass is 32.2. The Morgan fingerprint density at radius 1 is 1.35 bits per heavy atom. The standard InChI is InChI=1S/C13H21FN2O3S/c1-10(2)5-7-19-8-6-16-20(17,18)11-3-4-12(14)13(15)9-11/h3-4,9-10,16H,5-8,15H2,1-2H3. The van der Waals surface area contributed by atoms with E-state index in [1.54, 1.807) is 0 Å². The number of nitrogens with two attached hydrogens (primary N) is 1. The van der Waals surface area contributed by atoms with E-state index in [0.717, 1.165) is 18.6 Å². The summed E-state index contributed by atoms with van der Waals surface area (Å²) < 4.78 is 44.5. The maximum absolute atomic E-state index is 13.0. The first-order chi connectivity index (χ1) is 9.33. The van der Waals surface area contributed by atoms with Gasteiger partial charge >= 0.3 is 0 Å². The molecule has 7 heteroatoms. The number of hydrogen-bond acceptors (Lipinski definition) is 4. The fourth-order valence-corrected chi connectivity index (χ4v) is 2.49. The Balaban J connectivity index is 2.43. The molecule has 114 valence electrons. The smallest absolute Gasteiger partial charge is 0.240 e. The topological polar surface area (TPSA) is 81.4 Å². The average Bonchev–Trinajstić information content (AvgIpc) is 2.36. The van der Waals surface area contributed by atoms with Crippen LogP contribution in [0.25, 0.3) is 0 Å². The van der Waals surface area contributed by atoms with Gasteiger partial charge in [0.2, 0.25) is 10.0 Å². The molecule has 20 heavy (non-hydrogen) atoms. The second-order valence-corrected chi connectivity index (χ2v) is 6.64. The van der Waals surface area contributed by atoms with Crippen LogP contribution < -0.4 is 10.5 Å². The summed E-state index contributed by atoms with van der Waals surface area (Å²) in [4.78, 5) is -0.0569. The van der Waals surface area contributed by atoms with E-state index in [1.165, 1.54) is 6.07 Å². The first-order valence-corrected chi connectivity index (χ1v) is 7.93. The van der Waals surface area contributed by atoms with E-state index in [0.29, 0.717) is 19.1 Å². The number of nitrogen functional groups attached to an aromatic ring is 1. The lowest BCUT2D eigenvalue weighted by Crippen LogP contribution is -2.27. The van der Waals surface area contributed by atoms with Crippen LogP contribution in [0.2, 0.25) is 0 Å². The highest BCUT2D eigenvalue weighted by Crippen LogP contribution is 2.16. The predicted octanol–water partition coefficient (Wildman–Crippen LogP) is 1.75. The van der Waals surface area contributed by atoms with Crippen molar-refractivity contribution >= 4 is 15.7 Å². The largest absolute Gasteiger partial charge is 0.396 e. The summed E-state index contributed by atoms with van der Waals surface area (Å²) in [6.45, 7) is 5.24. The van der Waals surface area contributed by atoms with Gasteiger partial charge in [-0.05, 0) is 30.5 Å². The molecule has 0 aliphatic heterocycles. The summed E-state index contributed by atoms with van der Waals surface area (Å²) in [5, 5.41) is 0. The van der Waals surface area contributed by atoms with Crippen molar-refractivity contribution in [3.63, 3.8) is 0 Å². The zero-order chi connectivity index (χ0) is 15.2. The summed E-state index contributed by atoms with van der Waals surface area (Å²) in [6.07, 6.45) is 0.932. The van der Waals surface area contributed by atoms with Gasteiger partial charge in [0, 0.05) is 13.2 Å². The van der Waals surface area contributed by atoms with Crippen LogP contribution in [-0.2, 0) is 14.8 Å². The normalized spacial score (nSPS) is 12.0. The molecule has 0 saturated carbocycles. The second-order valence-electron chi connectivity index (χ2n) is 4.88. The van der Waals surface area contributed by atoms with Crippen molar-refractivity contribution in [2.45, 2.75) is 25.2 Å². The molecule has 0 spiro atoms. The maximum Gasteiger partial charge on any atom is 0.240 e. The molecular weight excluding hydrogens is 283 g/mol. The van der Waals surface area contributed by atoms with E-state index < -0.39 is 15.8 Å². The van der Waals surface area contributed by atoms with Gasteiger partial charge in [-0.2, -0.15) is 0 Å². The van der Waals surface area contributed by atoms with Gasteiger partial charge in [-0.25, -0.2) is 17.5 Å². The molecule has 1 rings (SSSR count). The Hall–Kier alpha value is -1.18. The average molecular weight is 304 g/mol. The molecule has 3 N–H and O–H groups in total. The molecule has 5 nitrogen and oxygen atoms in total. The van der Waals surface area contributed by atoms with E-state index in [4.69, 9.17) is 10.5 Å². The van der Waals surface area contributed by atoms with Gasteiger partial charge in [0.1, 0.15) is 5.82 Å². The first-order valence-electron chi connectivity index (χ1n) is 6.45. The SMILES string of the molecule is CC(C)CCOCCNS(=O)(=O)c1ccc(F)c(N)c1. The number of hydrogen-bond donors (Lipinski definition) is 2. The van der Waals surface area contributed by atoms with Crippen LogP contribution in [-0.4, -0.2) is 28.2 Å². The minimum absolute atomic E-state index is 0.0569. The fourth-order valence-electron chi connectivity index (χ4n) is 1.44. The molecule has 0 aliphatic rings. The molecule has 0 atom stereocenters. The van der Waals surface area contributed by atoms with Gasteiger partial charge in [0.05, 0.1) is 17.2 Å². The molecular formula is C13H21FN2O3S. The second kappa shape index (κ2) is 7.56. The highest BCUT2D eigenvalue weighted by molar-refractivity contribution is 7.89. The van der Waals surface area contributed by atoms with Crippen molar-refractivity contribution in [3.8, 4) is 0 Å². The Bertz CT molecular complexity index is 532. The number of halogens is 1. The van der Waals surface area contributed by atoms with Gasteiger partial charge in [0.25, 0.3) is 0 Å². The maximum atomic E-state index is 13.0. The molecule has 0 bridgehead atoms. The minimum atomic E-state index is -3.68. The van der Waals surface area contributed by atoms with E-state index in [9.17, 15) is 12.8 Å². The van der Waals surface area contributed by atoms with Crippen molar-refractivity contribution in [2.24, 2.45) is 5.92 Å². The van der Waals surface area contributed by atoms with Crippen molar-refractivity contribution in [1.82, 2.24) is 4.72 Å². The number of nitrogens with one attached hydrogen (secondary N) is 1. The zero-order valence-corrected chi connectivity index (χ0v) is 12.5. The molecule has 0 aliphatic carbocycles. The Kier molecular flexibility index (Phi) is 6.38. The molecule has 0 saturated heterocycles. The van der Waals surface area contributed by atoms with Crippen LogP contribution in [0.5, 0.6) is 0 Å². The lowest BCUT2D eigenvalue weighted by atomic mass is 10.1. The highest BCUT2D eigenvalue weighted by Gasteiger charge is 2.14. The van der Waals surface area contributed by atoms with E-state index in [-0.39, 0.29) is 17.1 Å². The molecule has 1 aromatic rings. The predicted molar refractivity (Wildman–Crippen MR) is 76.3 cm³/mol. The van der Waals surface area contributed by atoms with Crippen LogP contribution in [0.3, 0.4) is 0 Å². The van der Waals surface area contributed by atoms with E-state index >= 15 is 0 Å². The third kappa shape index (κ3) is 5.44. The van der Waals surface area contributed by atoms with Crippen molar-refractivity contribution in [2.75, 3.05) is 25.5 Å². The summed E-state index contributed by atoms with van der Waals surface area (Å²) in [7, 11) is -3.68. The van der Waals surface area contributed by atoms with Crippen LogP contribution >= 0.6 is 0 Å². The zero-order valence-electron chi connectivity index (χ0n) is 11.7. The molecule has 0 radical (unpaired) electrons. The monoisotopic (exact) mass is 304 g/mol. The van der Waals surface area contributed by atoms with Crippen LogP contribution in [0.1, 0.15) is 20.3 Å². The van der Waals surface area contributed by atoms with Gasteiger partial charge in [-0.15, -0.1) is 0 Å². The molecule has 0 aromatic heterocycles. The third-order valence-corrected chi connectivity index (χ3v) is 4.11. The summed E-state index contributed by atoms with van der Waals surface area (Å²) in [5.74, 6) is -0.0881. The molecule has 0 heterocycles. The number of rotatable bonds is 8. The lowest BCUT2D eigenvalue weighted by Gasteiger charge is -2.09. The Morgan fingerprint density at radius 3 is 2.65 bits per heavy atom. The minimum Gasteiger partial charge on any atom is -0.396 e. The fraction of sp³-hybridized carbons (Fsp3) is 0.538.